The zero-order valence-electron chi connectivity index (χ0n) is 8.83. The van der Waals surface area contributed by atoms with E-state index in [1.54, 1.807) is 11.8 Å². The molecule has 0 aliphatic carbocycles. The van der Waals surface area contributed by atoms with Gasteiger partial charge >= 0.3 is 6.03 Å². The summed E-state index contributed by atoms with van der Waals surface area (Å²) in [4.78, 5) is 12.5. The Labute approximate surface area is 96.8 Å². The van der Waals surface area contributed by atoms with Gasteiger partial charge in [0, 0.05) is 11.1 Å². The lowest BCUT2D eigenvalue weighted by Gasteiger charge is -2.09. The van der Waals surface area contributed by atoms with Crippen LogP contribution in [0.1, 0.15) is 0 Å². The molecule has 0 heterocycles. The molecule has 1 rings (SSSR count). The van der Waals surface area contributed by atoms with Gasteiger partial charge in [-0.05, 0) is 18.4 Å². The van der Waals surface area contributed by atoms with Gasteiger partial charge in [-0.1, -0.05) is 18.7 Å². The van der Waals surface area contributed by atoms with E-state index < -0.39 is 0 Å². The summed E-state index contributed by atoms with van der Waals surface area (Å²) in [6.45, 7) is 2.05. The van der Waals surface area contributed by atoms with E-state index in [9.17, 15) is 4.79 Å². The van der Waals surface area contributed by atoms with E-state index in [4.69, 9.17) is 0 Å². The standard InChI is InChI=1S/C10H14N2OSSi/c1-14-9-6-4-3-5-8(9)12-10(13)11-7-15-2/h3-6H,7H2,1-2H3,(H2,11,12,13). The van der Waals surface area contributed by atoms with Gasteiger partial charge < -0.3 is 10.6 Å². The van der Waals surface area contributed by atoms with Gasteiger partial charge in [0.15, 0.2) is 0 Å². The highest BCUT2D eigenvalue weighted by molar-refractivity contribution is 7.98. The Kier molecular flexibility index (Phi) is 5.27. The van der Waals surface area contributed by atoms with Crippen LogP contribution < -0.4 is 10.6 Å². The molecule has 2 radical (unpaired) electrons. The molecule has 0 fully saturated rings. The van der Waals surface area contributed by atoms with Gasteiger partial charge in [-0.3, -0.25) is 0 Å². The lowest BCUT2D eigenvalue weighted by molar-refractivity contribution is 0.253. The number of nitrogens with one attached hydrogen (secondary N) is 2. The highest BCUT2D eigenvalue weighted by Gasteiger charge is 2.03. The highest BCUT2D eigenvalue weighted by atomic mass is 32.2. The van der Waals surface area contributed by atoms with Crippen molar-refractivity contribution in [3.63, 3.8) is 0 Å². The first-order chi connectivity index (χ1) is 7.27. The molecule has 0 bridgehead atoms. The number of hydrogen-bond donors (Lipinski definition) is 2. The van der Waals surface area contributed by atoms with E-state index in [1.807, 2.05) is 30.5 Å². The fourth-order valence-electron chi connectivity index (χ4n) is 1.08. The van der Waals surface area contributed by atoms with Gasteiger partial charge in [0.05, 0.1) is 15.2 Å². The number of para-hydroxylation sites is 1. The summed E-state index contributed by atoms with van der Waals surface area (Å²) in [5, 5.41) is 5.61. The molecule has 1 aromatic rings. The van der Waals surface area contributed by atoms with Gasteiger partial charge in [0.1, 0.15) is 0 Å². The van der Waals surface area contributed by atoms with Crippen LogP contribution in [0.2, 0.25) is 6.55 Å². The van der Waals surface area contributed by atoms with E-state index in [0.717, 1.165) is 26.3 Å². The van der Waals surface area contributed by atoms with Crippen molar-refractivity contribution in [3.05, 3.63) is 24.3 Å². The van der Waals surface area contributed by atoms with Crippen molar-refractivity contribution in [2.75, 3.05) is 17.7 Å². The molecule has 2 N–H and O–H groups in total. The summed E-state index contributed by atoms with van der Waals surface area (Å²) < 4.78 is 0. The minimum absolute atomic E-state index is 0.133. The molecule has 0 saturated heterocycles. The maximum absolute atomic E-state index is 11.4. The number of benzene rings is 1. The monoisotopic (exact) mass is 238 g/mol. The number of anilines is 1. The van der Waals surface area contributed by atoms with Crippen molar-refractivity contribution in [3.8, 4) is 0 Å². The van der Waals surface area contributed by atoms with Gasteiger partial charge in [-0.15, -0.1) is 11.8 Å². The second kappa shape index (κ2) is 6.52. The zero-order valence-corrected chi connectivity index (χ0v) is 10.6. The van der Waals surface area contributed by atoms with E-state index in [0.29, 0.717) is 0 Å². The third kappa shape index (κ3) is 3.97. The zero-order chi connectivity index (χ0) is 11.1. The Balaban J connectivity index is 2.59. The van der Waals surface area contributed by atoms with E-state index >= 15 is 0 Å². The number of carbonyl (C=O) groups excluding carboxylic acids is 1. The second-order valence-corrected chi connectivity index (χ2v) is 4.77. The molecule has 0 aromatic heterocycles. The first kappa shape index (κ1) is 12.1. The molecule has 2 amide bonds. The minimum atomic E-state index is -0.133. The van der Waals surface area contributed by atoms with Gasteiger partial charge in [-0.25, -0.2) is 4.79 Å². The number of hydrogen-bond acceptors (Lipinski definition) is 2. The molecule has 0 spiro atoms. The molecule has 15 heavy (non-hydrogen) atoms. The Morgan fingerprint density at radius 3 is 2.87 bits per heavy atom. The van der Waals surface area contributed by atoms with Crippen molar-refractivity contribution in [1.82, 2.24) is 5.32 Å². The fraction of sp³-hybridized carbons (Fsp3) is 0.300. The number of urea groups is 1. The third-order valence-electron chi connectivity index (χ3n) is 1.78. The predicted molar refractivity (Wildman–Crippen MR) is 66.9 cm³/mol. The fourth-order valence-corrected chi connectivity index (χ4v) is 1.97. The SMILES string of the molecule is C[Si]CNC(=O)Nc1ccccc1SC. The van der Waals surface area contributed by atoms with E-state index in [1.165, 1.54) is 0 Å². The van der Waals surface area contributed by atoms with Crippen molar-refractivity contribution in [2.24, 2.45) is 0 Å². The molecule has 1 aromatic carbocycles. The first-order valence-corrected chi connectivity index (χ1v) is 7.53. The first-order valence-electron chi connectivity index (χ1n) is 4.60. The molecule has 3 nitrogen and oxygen atoms in total. The van der Waals surface area contributed by atoms with Crippen LogP contribution in [0.15, 0.2) is 29.2 Å². The summed E-state index contributed by atoms with van der Waals surface area (Å²) in [6.07, 6.45) is 2.72. The van der Waals surface area contributed by atoms with Crippen LogP contribution in [-0.2, 0) is 0 Å². The number of thioether (sulfide) groups is 1. The Morgan fingerprint density at radius 1 is 1.47 bits per heavy atom. The summed E-state index contributed by atoms with van der Waals surface area (Å²) in [5.41, 5.74) is 0.863. The molecule has 80 valence electrons. The van der Waals surface area contributed by atoms with Crippen LogP contribution >= 0.6 is 11.8 Å². The van der Waals surface area contributed by atoms with Gasteiger partial charge in [-0.2, -0.15) is 0 Å². The Morgan fingerprint density at radius 2 is 2.20 bits per heavy atom. The summed E-state index contributed by atoms with van der Waals surface area (Å²) in [6, 6.07) is 7.63. The molecule has 0 saturated carbocycles. The van der Waals surface area contributed by atoms with Gasteiger partial charge in [0.25, 0.3) is 0 Å². The lowest BCUT2D eigenvalue weighted by atomic mass is 10.3. The highest BCUT2D eigenvalue weighted by Crippen LogP contribution is 2.24. The molecule has 5 heteroatoms. The molecule has 0 aliphatic rings. The summed E-state index contributed by atoms with van der Waals surface area (Å²) in [7, 11) is 0.732. The number of amides is 2. The van der Waals surface area contributed by atoms with Crippen molar-refractivity contribution in [2.45, 2.75) is 11.4 Å². The molecule has 0 atom stereocenters. The van der Waals surface area contributed by atoms with E-state index in [2.05, 4.69) is 17.2 Å². The minimum Gasteiger partial charge on any atom is -0.341 e. The molecule has 0 unspecified atom stereocenters. The lowest BCUT2D eigenvalue weighted by Crippen LogP contribution is -2.31. The Hall–Kier alpha value is -0.943. The van der Waals surface area contributed by atoms with E-state index in [-0.39, 0.29) is 6.03 Å². The topological polar surface area (TPSA) is 41.1 Å². The summed E-state index contributed by atoms with van der Waals surface area (Å²) in [5.74, 6) is 0. The van der Waals surface area contributed by atoms with Crippen molar-refractivity contribution >= 4 is 33.0 Å². The van der Waals surface area contributed by atoms with Crippen LogP contribution in [0.5, 0.6) is 0 Å². The second-order valence-electron chi connectivity index (χ2n) is 2.86. The van der Waals surface area contributed by atoms with Gasteiger partial charge in [0.2, 0.25) is 0 Å². The maximum atomic E-state index is 11.4. The normalized spacial score (nSPS) is 9.73. The average molecular weight is 238 g/mol. The van der Waals surface area contributed by atoms with Crippen LogP contribution in [0.25, 0.3) is 0 Å². The molecule has 0 aliphatic heterocycles. The van der Waals surface area contributed by atoms with Crippen LogP contribution in [-0.4, -0.2) is 28.0 Å². The maximum Gasteiger partial charge on any atom is 0.318 e. The van der Waals surface area contributed by atoms with Crippen molar-refractivity contribution < 1.29 is 4.79 Å². The predicted octanol–water partition coefficient (Wildman–Crippen LogP) is 2.24. The van der Waals surface area contributed by atoms with Crippen LogP contribution in [0.4, 0.5) is 10.5 Å². The Bertz CT molecular complexity index is 333. The smallest absolute Gasteiger partial charge is 0.318 e. The quantitative estimate of drug-likeness (QED) is 0.624. The van der Waals surface area contributed by atoms with Crippen LogP contribution in [0.3, 0.4) is 0 Å². The molecular formula is C10H14N2OSSi. The van der Waals surface area contributed by atoms with Crippen LogP contribution in [0, 0.1) is 0 Å². The third-order valence-corrected chi connectivity index (χ3v) is 3.11. The van der Waals surface area contributed by atoms with Crippen molar-refractivity contribution in [1.29, 1.82) is 0 Å². The largest absolute Gasteiger partial charge is 0.341 e. The summed E-state index contributed by atoms with van der Waals surface area (Å²) >= 11 is 1.62. The average Bonchev–Trinajstić information content (AvgIpc) is 2.27. The number of rotatable bonds is 4. The number of carbonyl (C=O) groups is 1. The molecular weight excluding hydrogens is 224 g/mol.